The highest BCUT2D eigenvalue weighted by Gasteiger charge is 1.96. The van der Waals surface area contributed by atoms with Crippen molar-refractivity contribution in [3.63, 3.8) is 0 Å². The van der Waals surface area contributed by atoms with Gasteiger partial charge >= 0.3 is 5.97 Å². The second kappa shape index (κ2) is 6.25. The Bertz CT molecular complexity index is 358. The van der Waals surface area contributed by atoms with Crippen LogP contribution in [-0.4, -0.2) is 12.6 Å². The maximum absolute atomic E-state index is 11.0. The van der Waals surface area contributed by atoms with Crippen LogP contribution >= 0.6 is 11.6 Å². The van der Waals surface area contributed by atoms with E-state index in [1.807, 2.05) is 30.3 Å². The van der Waals surface area contributed by atoms with Crippen LogP contribution in [0.15, 0.2) is 30.3 Å². The molecule has 1 aromatic carbocycles. The van der Waals surface area contributed by atoms with E-state index < -0.39 is 0 Å². The second-order valence-corrected chi connectivity index (χ2v) is 3.40. The van der Waals surface area contributed by atoms with Crippen molar-refractivity contribution < 1.29 is 9.53 Å². The van der Waals surface area contributed by atoms with Crippen LogP contribution in [0.5, 0.6) is 0 Å². The third-order valence-electron chi connectivity index (χ3n) is 1.75. The summed E-state index contributed by atoms with van der Waals surface area (Å²) in [6, 6.07) is 7.44. The Balaban J connectivity index is 2.48. The molecule has 3 heteroatoms. The predicted molar refractivity (Wildman–Crippen MR) is 61.7 cm³/mol. The van der Waals surface area contributed by atoms with Crippen molar-refractivity contribution in [2.24, 2.45) is 0 Å². The number of hydrogen-bond donors (Lipinski definition) is 0. The molecule has 0 aliphatic rings. The van der Waals surface area contributed by atoms with E-state index in [-0.39, 0.29) is 5.97 Å². The highest BCUT2D eigenvalue weighted by Crippen LogP contribution is 2.12. The molecule has 0 fully saturated rings. The fourth-order valence-electron chi connectivity index (χ4n) is 1.12. The summed E-state index contributed by atoms with van der Waals surface area (Å²) in [4.78, 5) is 11.0. The van der Waals surface area contributed by atoms with E-state index in [1.54, 1.807) is 13.0 Å². The molecule has 0 radical (unpaired) electrons. The van der Waals surface area contributed by atoms with Crippen LogP contribution in [-0.2, 0) is 9.53 Å². The van der Waals surface area contributed by atoms with Gasteiger partial charge in [0.1, 0.15) is 0 Å². The molecule has 2 nitrogen and oxygen atoms in total. The number of benzene rings is 1. The van der Waals surface area contributed by atoms with Crippen LogP contribution in [0.3, 0.4) is 0 Å². The minimum Gasteiger partial charge on any atom is -0.466 e. The van der Waals surface area contributed by atoms with Crippen molar-refractivity contribution in [2.45, 2.75) is 13.3 Å². The molecule has 0 heterocycles. The summed E-state index contributed by atoms with van der Waals surface area (Å²) in [6.07, 6.45) is 3.91. The summed E-state index contributed by atoms with van der Waals surface area (Å²) in [7, 11) is 0. The fourth-order valence-corrected chi connectivity index (χ4v) is 1.32. The average molecular weight is 225 g/mol. The molecule has 1 aromatic rings. The van der Waals surface area contributed by atoms with Crippen molar-refractivity contribution in [3.05, 3.63) is 40.9 Å². The van der Waals surface area contributed by atoms with Gasteiger partial charge in [-0.05, 0) is 24.6 Å². The van der Waals surface area contributed by atoms with Crippen LogP contribution in [0.2, 0.25) is 5.02 Å². The maximum Gasteiger partial charge on any atom is 0.309 e. The molecule has 0 bridgehead atoms. The van der Waals surface area contributed by atoms with E-state index in [2.05, 4.69) is 0 Å². The topological polar surface area (TPSA) is 26.3 Å². The molecule has 0 aliphatic heterocycles. The standard InChI is InChI=1S/C12H13ClO2/c1-2-15-12(14)8-4-6-10-5-3-7-11(13)9-10/h3-7,9H,2,8H2,1H3. The highest BCUT2D eigenvalue weighted by atomic mass is 35.5. The summed E-state index contributed by atoms with van der Waals surface area (Å²) in [5.41, 5.74) is 0.979. The predicted octanol–water partition coefficient (Wildman–Crippen LogP) is 3.31. The Morgan fingerprint density at radius 1 is 1.53 bits per heavy atom. The van der Waals surface area contributed by atoms with Crippen molar-refractivity contribution in [3.8, 4) is 0 Å². The van der Waals surface area contributed by atoms with Gasteiger partial charge in [0.2, 0.25) is 0 Å². The lowest BCUT2D eigenvalue weighted by molar-refractivity contribution is -0.142. The van der Waals surface area contributed by atoms with E-state index >= 15 is 0 Å². The van der Waals surface area contributed by atoms with Crippen molar-refractivity contribution in [1.29, 1.82) is 0 Å². The van der Waals surface area contributed by atoms with Gasteiger partial charge in [-0.25, -0.2) is 0 Å². The van der Waals surface area contributed by atoms with Gasteiger partial charge in [0.05, 0.1) is 13.0 Å². The van der Waals surface area contributed by atoms with Gasteiger partial charge < -0.3 is 4.74 Å². The Morgan fingerprint density at radius 3 is 3.00 bits per heavy atom. The minimum absolute atomic E-state index is 0.212. The number of carbonyl (C=O) groups excluding carboxylic acids is 1. The molecule has 0 spiro atoms. The summed E-state index contributed by atoms with van der Waals surface area (Å²) in [6.45, 7) is 2.21. The smallest absolute Gasteiger partial charge is 0.309 e. The number of esters is 1. The van der Waals surface area contributed by atoms with Gasteiger partial charge in [-0.1, -0.05) is 35.9 Å². The summed E-state index contributed by atoms with van der Waals surface area (Å²) < 4.78 is 4.79. The Labute approximate surface area is 94.5 Å². The Morgan fingerprint density at radius 2 is 2.33 bits per heavy atom. The fraction of sp³-hybridized carbons (Fsp3) is 0.250. The number of rotatable bonds is 4. The molecule has 0 aliphatic carbocycles. The van der Waals surface area contributed by atoms with Crippen LogP contribution in [0.4, 0.5) is 0 Å². The lowest BCUT2D eigenvalue weighted by Gasteiger charge is -1.97. The number of carbonyl (C=O) groups is 1. The average Bonchev–Trinajstić information content (AvgIpc) is 2.18. The first-order valence-corrected chi connectivity index (χ1v) is 5.18. The molecule has 0 saturated carbocycles. The van der Waals surface area contributed by atoms with Crippen molar-refractivity contribution in [2.75, 3.05) is 6.61 Å². The normalized spacial score (nSPS) is 10.5. The molecule has 1 rings (SSSR count). The summed E-state index contributed by atoms with van der Waals surface area (Å²) in [5.74, 6) is -0.212. The Kier molecular flexibility index (Phi) is 4.91. The molecule has 0 atom stereocenters. The molecule has 0 saturated heterocycles. The van der Waals surface area contributed by atoms with Crippen molar-refractivity contribution in [1.82, 2.24) is 0 Å². The lowest BCUT2D eigenvalue weighted by atomic mass is 10.2. The minimum atomic E-state index is -0.212. The largest absolute Gasteiger partial charge is 0.466 e. The van der Waals surface area contributed by atoms with Gasteiger partial charge in [-0.2, -0.15) is 0 Å². The molecule has 0 amide bonds. The summed E-state index contributed by atoms with van der Waals surface area (Å²) in [5, 5.41) is 0.688. The van der Waals surface area contributed by atoms with Crippen molar-refractivity contribution >= 4 is 23.6 Å². The Hall–Kier alpha value is -1.28. The van der Waals surface area contributed by atoms with Gasteiger partial charge in [0, 0.05) is 5.02 Å². The molecular weight excluding hydrogens is 212 g/mol. The monoisotopic (exact) mass is 224 g/mol. The lowest BCUT2D eigenvalue weighted by Crippen LogP contribution is -2.01. The number of halogens is 1. The van der Waals surface area contributed by atoms with E-state index in [9.17, 15) is 4.79 Å². The third-order valence-corrected chi connectivity index (χ3v) is 1.98. The van der Waals surface area contributed by atoms with Crippen LogP contribution < -0.4 is 0 Å². The van der Waals surface area contributed by atoms with Gasteiger partial charge in [-0.3, -0.25) is 4.79 Å². The molecule has 0 N–H and O–H groups in total. The number of ether oxygens (including phenoxy) is 1. The van der Waals surface area contributed by atoms with E-state index in [0.29, 0.717) is 18.1 Å². The van der Waals surface area contributed by atoms with Gasteiger partial charge in [0.15, 0.2) is 0 Å². The van der Waals surface area contributed by atoms with Gasteiger partial charge in [-0.15, -0.1) is 0 Å². The zero-order valence-electron chi connectivity index (χ0n) is 8.57. The van der Waals surface area contributed by atoms with Crippen LogP contribution in [0.1, 0.15) is 18.9 Å². The molecule has 0 aromatic heterocycles. The quantitative estimate of drug-likeness (QED) is 0.734. The molecular formula is C12H13ClO2. The first-order valence-electron chi connectivity index (χ1n) is 4.80. The van der Waals surface area contributed by atoms with Crippen LogP contribution in [0.25, 0.3) is 6.08 Å². The highest BCUT2D eigenvalue weighted by molar-refractivity contribution is 6.30. The molecule has 15 heavy (non-hydrogen) atoms. The first kappa shape index (κ1) is 11.8. The molecule has 0 unspecified atom stereocenters. The molecule has 80 valence electrons. The zero-order chi connectivity index (χ0) is 11.1. The second-order valence-electron chi connectivity index (χ2n) is 2.97. The zero-order valence-corrected chi connectivity index (χ0v) is 9.33. The van der Waals surface area contributed by atoms with Gasteiger partial charge in [0.25, 0.3) is 0 Å². The van der Waals surface area contributed by atoms with Crippen LogP contribution in [0, 0.1) is 0 Å². The first-order chi connectivity index (χ1) is 7.22. The maximum atomic E-state index is 11.0. The van der Waals surface area contributed by atoms with E-state index in [4.69, 9.17) is 16.3 Å². The summed E-state index contributed by atoms with van der Waals surface area (Å²) >= 11 is 5.81. The number of hydrogen-bond acceptors (Lipinski definition) is 2. The van der Waals surface area contributed by atoms with E-state index in [0.717, 1.165) is 5.56 Å². The van der Waals surface area contributed by atoms with E-state index in [1.165, 1.54) is 0 Å². The third kappa shape index (κ3) is 4.66. The SMILES string of the molecule is CCOC(=O)CC=Cc1cccc(Cl)c1.